The van der Waals surface area contributed by atoms with Crippen LogP contribution in [0.2, 0.25) is 0 Å². The van der Waals surface area contributed by atoms with Gasteiger partial charge in [-0.1, -0.05) is 12.8 Å². The van der Waals surface area contributed by atoms with E-state index in [1.165, 1.54) is 0 Å². The first-order valence-corrected chi connectivity index (χ1v) is 5.67. The summed E-state index contributed by atoms with van der Waals surface area (Å²) in [6, 6.07) is 1.15. The zero-order valence-corrected chi connectivity index (χ0v) is 9.60. The van der Waals surface area contributed by atoms with Gasteiger partial charge < -0.3 is 11.1 Å². The molecule has 0 spiro atoms. The molecule has 1 aliphatic carbocycles. The van der Waals surface area contributed by atoms with Crippen LogP contribution in [0.25, 0.3) is 0 Å². The third-order valence-corrected chi connectivity index (χ3v) is 3.19. The summed E-state index contributed by atoms with van der Waals surface area (Å²) in [4.78, 5) is 11.9. The van der Waals surface area contributed by atoms with Gasteiger partial charge in [0.25, 0.3) is 0 Å². The fraction of sp³-hybridized carbons (Fsp3) is 0.417. The number of rotatable bonds is 2. The zero-order chi connectivity index (χ0) is 13.3. The minimum absolute atomic E-state index is 0.415. The summed E-state index contributed by atoms with van der Waals surface area (Å²) in [6.07, 6.45) is 2.59. The Kier molecular flexibility index (Phi) is 3.30. The van der Waals surface area contributed by atoms with Crippen LogP contribution < -0.4 is 11.1 Å². The van der Waals surface area contributed by atoms with Gasteiger partial charge in [-0.05, 0) is 12.8 Å². The van der Waals surface area contributed by atoms with Gasteiger partial charge in [-0.25, -0.2) is 13.2 Å². The van der Waals surface area contributed by atoms with Gasteiger partial charge in [0.15, 0.2) is 11.6 Å². The maximum Gasteiger partial charge on any atom is 0.244 e. The number of carbonyl (C=O) groups excluding carboxylic acids is 1. The third-order valence-electron chi connectivity index (χ3n) is 3.19. The molecular formula is C12H13F3N2O. The lowest BCUT2D eigenvalue weighted by Crippen LogP contribution is -2.48. The number of nitrogens with two attached hydrogens (primary N) is 1. The fourth-order valence-electron chi connectivity index (χ4n) is 2.13. The number of carbonyl (C=O) groups is 1. The lowest BCUT2D eigenvalue weighted by Gasteiger charge is -2.22. The number of hydrogen-bond acceptors (Lipinski definition) is 2. The predicted molar refractivity (Wildman–Crippen MR) is 60.3 cm³/mol. The van der Waals surface area contributed by atoms with Crippen LogP contribution in [0.3, 0.4) is 0 Å². The van der Waals surface area contributed by atoms with Gasteiger partial charge in [-0.15, -0.1) is 0 Å². The normalized spacial score (nSPS) is 17.8. The molecule has 0 saturated heterocycles. The van der Waals surface area contributed by atoms with Gasteiger partial charge >= 0.3 is 0 Å². The summed E-state index contributed by atoms with van der Waals surface area (Å²) in [6.45, 7) is 0. The number of nitrogens with one attached hydrogen (secondary N) is 1. The van der Waals surface area contributed by atoms with E-state index in [4.69, 9.17) is 5.73 Å². The van der Waals surface area contributed by atoms with Crippen LogP contribution in [0, 0.1) is 17.5 Å². The quantitative estimate of drug-likeness (QED) is 0.800. The van der Waals surface area contributed by atoms with Crippen LogP contribution in [0.1, 0.15) is 25.7 Å². The fourth-order valence-corrected chi connectivity index (χ4v) is 2.13. The number of anilines is 1. The first kappa shape index (κ1) is 12.9. The number of benzene rings is 1. The molecule has 0 heterocycles. The minimum atomic E-state index is -1.34. The van der Waals surface area contributed by atoms with Crippen molar-refractivity contribution < 1.29 is 18.0 Å². The van der Waals surface area contributed by atoms with Crippen molar-refractivity contribution in [3.63, 3.8) is 0 Å². The van der Waals surface area contributed by atoms with Crippen molar-refractivity contribution in [3.8, 4) is 0 Å². The predicted octanol–water partition coefficient (Wildman–Crippen LogP) is 2.31. The molecular weight excluding hydrogens is 245 g/mol. The largest absolute Gasteiger partial charge is 0.322 e. The molecule has 3 nitrogen and oxygen atoms in total. The second-order valence-corrected chi connectivity index (χ2v) is 4.57. The molecule has 1 amide bonds. The minimum Gasteiger partial charge on any atom is -0.322 e. The molecule has 1 aromatic rings. The molecule has 18 heavy (non-hydrogen) atoms. The standard InChI is InChI=1S/C12H13F3N2O/c13-7-5-8(14)10(15)9(6-7)17-11(18)12(16)3-1-2-4-12/h5-6H,1-4,16H2,(H,17,18). The Morgan fingerprint density at radius 2 is 1.83 bits per heavy atom. The smallest absolute Gasteiger partial charge is 0.244 e. The van der Waals surface area contributed by atoms with Gasteiger partial charge in [-0.2, -0.15) is 0 Å². The first-order valence-electron chi connectivity index (χ1n) is 5.67. The molecule has 0 unspecified atom stereocenters. The highest BCUT2D eigenvalue weighted by atomic mass is 19.2. The Morgan fingerprint density at radius 1 is 1.22 bits per heavy atom. The molecule has 6 heteroatoms. The molecule has 1 saturated carbocycles. The highest BCUT2D eigenvalue weighted by Gasteiger charge is 2.37. The van der Waals surface area contributed by atoms with Crippen LogP contribution in [0.15, 0.2) is 12.1 Å². The Balaban J connectivity index is 2.21. The molecule has 1 aromatic carbocycles. The molecule has 0 bridgehead atoms. The van der Waals surface area contributed by atoms with E-state index in [-0.39, 0.29) is 0 Å². The van der Waals surface area contributed by atoms with Crippen molar-refractivity contribution in [2.24, 2.45) is 5.73 Å². The summed E-state index contributed by atoms with van der Waals surface area (Å²) >= 11 is 0. The van der Waals surface area contributed by atoms with Crippen molar-refractivity contribution in [1.29, 1.82) is 0 Å². The van der Waals surface area contributed by atoms with Crippen LogP contribution in [-0.2, 0) is 4.79 Å². The Morgan fingerprint density at radius 3 is 2.44 bits per heavy atom. The van der Waals surface area contributed by atoms with Gasteiger partial charge in [-0.3, -0.25) is 4.79 Å². The van der Waals surface area contributed by atoms with Crippen LogP contribution in [-0.4, -0.2) is 11.4 Å². The second-order valence-electron chi connectivity index (χ2n) is 4.57. The van der Waals surface area contributed by atoms with Crippen molar-refractivity contribution >= 4 is 11.6 Å². The topological polar surface area (TPSA) is 55.1 Å². The number of halogens is 3. The Bertz CT molecular complexity index is 484. The van der Waals surface area contributed by atoms with Crippen molar-refractivity contribution in [2.45, 2.75) is 31.2 Å². The Labute approximate surface area is 102 Å². The van der Waals surface area contributed by atoms with E-state index in [1.54, 1.807) is 0 Å². The second kappa shape index (κ2) is 4.61. The maximum absolute atomic E-state index is 13.4. The zero-order valence-electron chi connectivity index (χ0n) is 9.60. The van der Waals surface area contributed by atoms with E-state index >= 15 is 0 Å². The van der Waals surface area contributed by atoms with Gasteiger partial charge in [0.2, 0.25) is 5.91 Å². The molecule has 3 N–H and O–H groups in total. The van der Waals surface area contributed by atoms with Crippen LogP contribution in [0.4, 0.5) is 18.9 Å². The molecule has 98 valence electrons. The summed E-state index contributed by atoms with van der Waals surface area (Å²) in [5.74, 6) is -4.19. The van der Waals surface area contributed by atoms with E-state index < -0.39 is 34.6 Å². The van der Waals surface area contributed by atoms with E-state index in [0.29, 0.717) is 18.9 Å². The van der Waals surface area contributed by atoms with Gasteiger partial charge in [0.05, 0.1) is 11.2 Å². The van der Waals surface area contributed by atoms with Crippen LogP contribution >= 0.6 is 0 Å². The molecule has 2 rings (SSSR count). The maximum atomic E-state index is 13.4. The summed E-state index contributed by atoms with van der Waals surface area (Å²) in [5, 5.41) is 2.16. The van der Waals surface area contributed by atoms with Crippen molar-refractivity contribution in [3.05, 3.63) is 29.6 Å². The summed E-state index contributed by atoms with van der Waals surface area (Å²) in [5.41, 5.74) is 4.26. The lowest BCUT2D eigenvalue weighted by atomic mass is 9.98. The summed E-state index contributed by atoms with van der Waals surface area (Å²) < 4.78 is 39.3. The average molecular weight is 258 g/mol. The molecule has 1 fully saturated rings. The number of amides is 1. The van der Waals surface area contributed by atoms with Gasteiger partial charge in [0.1, 0.15) is 5.82 Å². The van der Waals surface area contributed by atoms with E-state index in [0.717, 1.165) is 18.9 Å². The highest BCUT2D eigenvalue weighted by molar-refractivity contribution is 5.98. The molecule has 0 radical (unpaired) electrons. The summed E-state index contributed by atoms with van der Waals surface area (Å²) in [7, 11) is 0. The lowest BCUT2D eigenvalue weighted by molar-refractivity contribution is -0.121. The van der Waals surface area contributed by atoms with Crippen molar-refractivity contribution in [2.75, 3.05) is 5.32 Å². The van der Waals surface area contributed by atoms with Crippen LogP contribution in [0.5, 0.6) is 0 Å². The number of hydrogen-bond donors (Lipinski definition) is 2. The SMILES string of the molecule is NC1(C(=O)Nc2cc(F)cc(F)c2F)CCCC1. The molecule has 0 atom stereocenters. The van der Waals surface area contributed by atoms with Gasteiger partial charge in [0, 0.05) is 12.1 Å². The Hall–Kier alpha value is -1.56. The molecule has 1 aliphatic rings. The average Bonchev–Trinajstić information content (AvgIpc) is 2.73. The van der Waals surface area contributed by atoms with E-state index in [1.807, 2.05) is 0 Å². The molecule has 0 aliphatic heterocycles. The third kappa shape index (κ3) is 2.33. The monoisotopic (exact) mass is 258 g/mol. The van der Waals surface area contributed by atoms with Crippen molar-refractivity contribution in [1.82, 2.24) is 0 Å². The first-order chi connectivity index (χ1) is 8.42. The van der Waals surface area contributed by atoms with E-state index in [2.05, 4.69) is 5.32 Å². The molecule has 0 aromatic heterocycles. The highest BCUT2D eigenvalue weighted by Crippen LogP contribution is 2.29. The van der Waals surface area contributed by atoms with E-state index in [9.17, 15) is 18.0 Å².